The second-order valence-electron chi connectivity index (χ2n) is 9.89. The molecule has 0 spiro atoms. The minimum absolute atomic E-state index is 0.000593. The SMILES string of the molecule is C=C(Cc1ccc(C)cc1)N=C(OC)C1CC(c2ccc(CC)cc2)CN(C(=O)N2CCOCC2)C1. The summed E-state index contributed by atoms with van der Waals surface area (Å²) in [4.78, 5) is 22.2. The molecule has 2 aliphatic heterocycles. The van der Waals surface area contributed by atoms with Crippen molar-refractivity contribution < 1.29 is 14.3 Å². The van der Waals surface area contributed by atoms with E-state index in [2.05, 4.69) is 69.0 Å². The van der Waals surface area contributed by atoms with Crippen LogP contribution in [0.5, 0.6) is 0 Å². The summed E-state index contributed by atoms with van der Waals surface area (Å²) in [6.45, 7) is 12.2. The molecule has 6 heteroatoms. The van der Waals surface area contributed by atoms with Gasteiger partial charge in [-0.1, -0.05) is 67.6 Å². The number of aryl methyl sites for hydroxylation is 2. The van der Waals surface area contributed by atoms with Crippen molar-refractivity contribution in [3.05, 3.63) is 83.1 Å². The van der Waals surface area contributed by atoms with E-state index in [0.717, 1.165) is 18.5 Å². The van der Waals surface area contributed by atoms with E-state index in [1.54, 1.807) is 7.11 Å². The molecule has 0 aromatic heterocycles. The average Bonchev–Trinajstić information content (AvgIpc) is 2.93. The number of urea groups is 1. The molecule has 4 rings (SSSR count). The number of carbonyl (C=O) groups excluding carboxylic acids is 1. The number of aliphatic imine (C=N–C) groups is 1. The van der Waals surface area contributed by atoms with Gasteiger partial charge in [-0.2, -0.15) is 0 Å². The Morgan fingerprint density at radius 3 is 2.33 bits per heavy atom. The van der Waals surface area contributed by atoms with Gasteiger partial charge in [0, 0.05) is 44.2 Å². The molecule has 0 radical (unpaired) electrons. The second-order valence-corrected chi connectivity index (χ2v) is 9.89. The summed E-state index contributed by atoms with van der Waals surface area (Å²) in [5.74, 6) is 0.867. The minimum atomic E-state index is -0.000593. The van der Waals surface area contributed by atoms with Crippen LogP contribution in [0.15, 0.2) is 65.8 Å². The monoisotopic (exact) mass is 489 g/mol. The maximum absolute atomic E-state index is 13.5. The molecule has 2 atom stereocenters. The smallest absolute Gasteiger partial charge is 0.320 e. The first-order valence-electron chi connectivity index (χ1n) is 13.0. The maximum Gasteiger partial charge on any atom is 0.320 e. The van der Waals surface area contributed by atoms with Gasteiger partial charge < -0.3 is 19.3 Å². The number of piperidine rings is 1. The fraction of sp³-hybridized carbons (Fsp3) is 0.467. The van der Waals surface area contributed by atoms with Gasteiger partial charge in [-0.25, -0.2) is 9.79 Å². The molecule has 2 aromatic rings. The predicted molar refractivity (Wildman–Crippen MR) is 144 cm³/mol. The van der Waals surface area contributed by atoms with Crippen LogP contribution in [-0.2, 0) is 22.3 Å². The normalized spacial score (nSPS) is 20.8. The van der Waals surface area contributed by atoms with Crippen LogP contribution in [0, 0.1) is 12.8 Å². The van der Waals surface area contributed by atoms with Crippen molar-refractivity contribution in [3.63, 3.8) is 0 Å². The van der Waals surface area contributed by atoms with Gasteiger partial charge in [0.1, 0.15) is 0 Å². The molecule has 0 N–H and O–H groups in total. The number of allylic oxidation sites excluding steroid dienone is 1. The summed E-state index contributed by atoms with van der Waals surface area (Å²) in [6.07, 6.45) is 2.56. The molecule has 36 heavy (non-hydrogen) atoms. The van der Waals surface area contributed by atoms with Crippen LogP contribution < -0.4 is 0 Å². The van der Waals surface area contributed by atoms with Crippen molar-refractivity contribution in [2.45, 2.75) is 39.0 Å². The lowest BCUT2D eigenvalue weighted by Crippen LogP contribution is -2.53. The highest BCUT2D eigenvalue weighted by molar-refractivity contribution is 5.82. The molecule has 2 heterocycles. The lowest BCUT2D eigenvalue weighted by atomic mass is 9.84. The molecule has 2 amide bonds. The second kappa shape index (κ2) is 12.2. The number of hydrogen-bond donors (Lipinski definition) is 0. The molecular weight excluding hydrogens is 450 g/mol. The van der Waals surface area contributed by atoms with E-state index in [-0.39, 0.29) is 17.9 Å². The molecule has 2 saturated heterocycles. The van der Waals surface area contributed by atoms with Crippen molar-refractivity contribution >= 4 is 11.9 Å². The van der Waals surface area contributed by atoms with E-state index < -0.39 is 0 Å². The average molecular weight is 490 g/mol. The zero-order valence-electron chi connectivity index (χ0n) is 21.9. The third-order valence-corrected chi connectivity index (χ3v) is 7.22. The van der Waals surface area contributed by atoms with Gasteiger partial charge in [0.25, 0.3) is 0 Å². The van der Waals surface area contributed by atoms with Gasteiger partial charge in [0.05, 0.1) is 26.2 Å². The number of benzene rings is 2. The lowest BCUT2D eigenvalue weighted by molar-refractivity contribution is 0.0391. The minimum Gasteiger partial charge on any atom is -0.484 e. The zero-order chi connectivity index (χ0) is 25.5. The molecule has 6 nitrogen and oxygen atoms in total. The molecule has 0 bridgehead atoms. The van der Waals surface area contributed by atoms with Gasteiger partial charge in [0.2, 0.25) is 0 Å². The molecule has 192 valence electrons. The molecule has 0 aliphatic carbocycles. The van der Waals surface area contributed by atoms with Gasteiger partial charge in [-0.3, -0.25) is 0 Å². The molecule has 2 fully saturated rings. The summed E-state index contributed by atoms with van der Waals surface area (Å²) >= 11 is 0. The Kier molecular flexibility index (Phi) is 8.81. The van der Waals surface area contributed by atoms with Gasteiger partial charge in [-0.05, 0) is 36.5 Å². The first-order chi connectivity index (χ1) is 17.5. The van der Waals surface area contributed by atoms with E-state index in [1.807, 2.05) is 9.80 Å². The Morgan fingerprint density at radius 2 is 1.69 bits per heavy atom. The Labute approximate surface area is 215 Å². The van der Waals surface area contributed by atoms with E-state index >= 15 is 0 Å². The zero-order valence-corrected chi connectivity index (χ0v) is 21.9. The first kappa shape index (κ1) is 26.0. The molecule has 2 aromatic carbocycles. The molecular formula is C30H39N3O3. The van der Waals surface area contributed by atoms with Crippen LogP contribution in [0.25, 0.3) is 0 Å². The van der Waals surface area contributed by atoms with E-state index in [4.69, 9.17) is 14.5 Å². The third-order valence-electron chi connectivity index (χ3n) is 7.22. The first-order valence-corrected chi connectivity index (χ1v) is 13.0. The molecule has 2 aliphatic rings. The summed E-state index contributed by atoms with van der Waals surface area (Å²) < 4.78 is 11.3. The summed E-state index contributed by atoms with van der Waals surface area (Å²) in [5.41, 5.74) is 5.74. The fourth-order valence-electron chi connectivity index (χ4n) is 5.10. The van der Waals surface area contributed by atoms with E-state index in [1.165, 1.54) is 22.3 Å². The molecule has 2 unspecified atom stereocenters. The third kappa shape index (κ3) is 6.55. The van der Waals surface area contributed by atoms with Crippen molar-refractivity contribution in [1.29, 1.82) is 0 Å². The Balaban J connectivity index is 1.55. The number of carbonyl (C=O) groups is 1. The number of nitrogens with zero attached hydrogens (tertiary/aromatic N) is 3. The largest absolute Gasteiger partial charge is 0.484 e. The highest BCUT2D eigenvalue weighted by Gasteiger charge is 2.36. The number of ether oxygens (including phenoxy) is 2. The lowest BCUT2D eigenvalue weighted by Gasteiger charge is -2.41. The number of rotatable bonds is 6. The van der Waals surface area contributed by atoms with Gasteiger partial charge >= 0.3 is 6.03 Å². The standard InChI is InChI=1S/C30H39N3O3/c1-5-24-10-12-26(13-11-24)27-19-28(21-33(20-27)30(34)32-14-16-36-17-15-32)29(35-4)31-23(3)18-25-8-6-22(2)7-9-25/h6-13,27-28H,3,5,14-21H2,1-2,4H3. The Hall–Kier alpha value is -3.12. The van der Waals surface area contributed by atoms with Crippen LogP contribution in [-0.4, -0.2) is 68.2 Å². The summed E-state index contributed by atoms with van der Waals surface area (Å²) in [5, 5.41) is 0. The highest BCUT2D eigenvalue weighted by Crippen LogP contribution is 2.32. The van der Waals surface area contributed by atoms with Crippen LogP contribution in [0.4, 0.5) is 4.79 Å². The number of likely N-dealkylation sites (tertiary alicyclic amines) is 1. The van der Waals surface area contributed by atoms with Crippen LogP contribution in [0.1, 0.15) is 41.5 Å². The van der Waals surface area contributed by atoms with Crippen molar-refractivity contribution in [2.24, 2.45) is 10.9 Å². The van der Waals surface area contributed by atoms with Gasteiger partial charge in [-0.15, -0.1) is 0 Å². The molecule has 0 saturated carbocycles. The van der Waals surface area contributed by atoms with Crippen LogP contribution in [0.3, 0.4) is 0 Å². The van der Waals surface area contributed by atoms with Gasteiger partial charge in [0.15, 0.2) is 5.90 Å². The van der Waals surface area contributed by atoms with E-state index in [9.17, 15) is 4.79 Å². The van der Waals surface area contributed by atoms with Crippen LogP contribution >= 0.6 is 0 Å². The van der Waals surface area contributed by atoms with Crippen molar-refractivity contribution in [3.8, 4) is 0 Å². The Morgan fingerprint density at radius 1 is 1.03 bits per heavy atom. The van der Waals surface area contributed by atoms with E-state index in [0.29, 0.717) is 51.7 Å². The van der Waals surface area contributed by atoms with Crippen molar-refractivity contribution in [1.82, 2.24) is 9.80 Å². The number of morpholine rings is 1. The highest BCUT2D eigenvalue weighted by atomic mass is 16.5. The number of hydrogen-bond acceptors (Lipinski definition) is 4. The summed E-state index contributed by atoms with van der Waals surface area (Å²) in [7, 11) is 1.67. The Bertz CT molecular complexity index is 1060. The maximum atomic E-state index is 13.5. The number of amides is 2. The van der Waals surface area contributed by atoms with Crippen molar-refractivity contribution in [2.75, 3.05) is 46.5 Å². The quantitative estimate of drug-likeness (QED) is 0.413. The fourth-order valence-corrected chi connectivity index (χ4v) is 5.10. The number of methoxy groups -OCH3 is 1. The predicted octanol–water partition coefficient (Wildman–Crippen LogP) is 5.22. The van der Waals surface area contributed by atoms with Crippen LogP contribution in [0.2, 0.25) is 0 Å². The summed E-state index contributed by atoms with van der Waals surface area (Å²) in [6, 6.07) is 17.3. The topological polar surface area (TPSA) is 54.4 Å².